The van der Waals surface area contributed by atoms with Crippen molar-refractivity contribution in [2.24, 2.45) is 7.05 Å². The zero-order chi connectivity index (χ0) is 18.3. The molecule has 130 valence electrons. The summed E-state index contributed by atoms with van der Waals surface area (Å²) in [5.74, 6) is 0.380. The summed E-state index contributed by atoms with van der Waals surface area (Å²) in [4.78, 5) is 28.7. The Morgan fingerprint density at radius 3 is 2.81 bits per heavy atom. The Morgan fingerprint density at radius 2 is 2.04 bits per heavy atom. The van der Waals surface area contributed by atoms with Crippen LogP contribution in [0.3, 0.4) is 0 Å². The molecule has 0 aliphatic rings. The number of aromatic nitrogens is 4. The van der Waals surface area contributed by atoms with Gasteiger partial charge in [-0.25, -0.2) is 9.78 Å². The molecule has 0 saturated carbocycles. The standard InChI is InChI=1S/C18H15N5O3/c1-10-19-16(22-21-10)11-5-3-6-12(9-11)20-17(24)13-7-4-8-14-15(13)26-18(25)23(14)2/h3-9H,1-2H3,(H,20,24)(H,19,21,22). The Morgan fingerprint density at radius 1 is 1.23 bits per heavy atom. The molecule has 2 aromatic carbocycles. The third kappa shape index (κ3) is 2.67. The Labute approximate surface area is 147 Å². The van der Waals surface area contributed by atoms with Crippen LogP contribution in [0.1, 0.15) is 16.2 Å². The third-order valence-electron chi connectivity index (χ3n) is 4.04. The highest BCUT2D eigenvalue weighted by Gasteiger charge is 2.16. The molecule has 8 heteroatoms. The Bertz CT molecular complexity index is 1180. The largest absolute Gasteiger partial charge is 0.419 e. The van der Waals surface area contributed by atoms with Gasteiger partial charge in [0.1, 0.15) is 5.82 Å². The van der Waals surface area contributed by atoms with Crippen LogP contribution in [0, 0.1) is 6.92 Å². The van der Waals surface area contributed by atoms with Crippen molar-refractivity contribution in [3.8, 4) is 11.4 Å². The summed E-state index contributed by atoms with van der Waals surface area (Å²) in [5, 5.41) is 9.72. The molecule has 4 aromatic rings. The van der Waals surface area contributed by atoms with E-state index in [4.69, 9.17) is 4.42 Å². The number of hydrogen-bond acceptors (Lipinski definition) is 5. The smallest absolute Gasteiger partial charge is 0.407 e. The fourth-order valence-electron chi connectivity index (χ4n) is 2.74. The lowest BCUT2D eigenvalue weighted by Gasteiger charge is -2.06. The highest BCUT2D eigenvalue weighted by molar-refractivity contribution is 6.11. The van der Waals surface area contributed by atoms with Gasteiger partial charge >= 0.3 is 5.76 Å². The summed E-state index contributed by atoms with van der Waals surface area (Å²) in [6, 6.07) is 12.3. The number of nitrogens with one attached hydrogen (secondary N) is 2. The predicted octanol–water partition coefficient (Wildman–Crippen LogP) is 2.48. The van der Waals surface area contributed by atoms with Crippen LogP contribution in [0.5, 0.6) is 0 Å². The Kier molecular flexibility index (Phi) is 3.65. The van der Waals surface area contributed by atoms with Crippen LogP contribution in [0.15, 0.2) is 51.7 Å². The van der Waals surface area contributed by atoms with Crippen LogP contribution in [-0.2, 0) is 7.05 Å². The second kappa shape index (κ2) is 5.99. The zero-order valence-electron chi connectivity index (χ0n) is 14.1. The van der Waals surface area contributed by atoms with Gasteiger partial charge in [0, 0.05) is 18.3 Å². The van der Waals surface area contributed by atoms with E-state index in [1.54, 1.807) is 43.4 Å². The number of aromatic amines is 1. The number of oxazole rings is 1. The topological polar surface area (TPSA) is 106 Å². The first-order chi connectivity index (χ1) is 12.5. The Balaban J connectivity index is 1.67. The molecule has 8 nitrogen and oxygen atoms in total. The molecule has 0 unspecified atom stereocenters. The van der Waals surface area contributed by atoms with Gasteiger partial charge in [-0.1, -0.05) is 18.2 Å². The van der Waals surface area contributed by atoms with Crippen LogP contribution >= 0.6 is 0 Å². The maximum absolute atomic E-state index is 12.7. The minimum absolute atomic E-state index is 0.262. The fraction of sp³-hybridized carbons (Fsp3) is 0.111. The molecule has 0 bridgehead atoms. The van der Waals surface area contributed by atoms with Crippen molar-refractivity contribution in [3.63, 3.8) is 0 Å². The van der Waals surface area contributed by atoms with Crippen molar-refractivity contribution in [2.75, 3.05) is 5.32 Å². The zero-order valence-corrected chi connectivity index (χ0v) is 14.1. The van der Waals surface area contributed by atoms with Crippen molar-refractivity contribution >= 4 is 22.7 Å². The number of benzene rings is 2. The second-order valence-corrected chi connectivity index (χ2v) is 5.86. The number of amides is 1. The van der Waals surface area contributed by atoms with E-state index in [0.29, 0.717) is 28.4 Å². The number of aryl methyl sites for hydroxylation is 2. The molecule has 0 saturated heterocycles. The number of hydrogen-bond donors (Lipinski definition) is 2. The molecular formula is C18H15N5O3. The maximum Gasteiger partial charge on any atom is 0.419 e. The molecule has 2 N–H and O–H groups in total. The molecule has 0 fully saturated rings. The van der Waals surface area contributed by atoms with Crippen molar-refractivity contribution in [1.29, 1.82) is 0 Å². The molecule has 4 rings (SSSR count). The average molecular weight is 349 g/mol. The van der Waals surface area contributed by atoms with Crippen molar-refractivity contribution < 1.29 is 9.21 Å². The molecule has 1 amide bonds. The minimum atomic E-state index is -0.512. The van der Waals surface area contributed by atoms with E-state index < -0.39 is 5.76 Å². The van der Waals surface area contributed by atoms with Gasteiger partial charge in [0.05, 0.1) is 11.1 Å². The van der Waals surface area contributed by atoms with E-state index in [1.165, 1.54) is 4.57 Å². The monoisotopic (exact) mass is 349 g/mol. The molecular weight excluding hydrogens is 334 g/mol. The van der Waals surface area contributed by atoms with Gasteiger partial charge in [-0.2, -0.15) is 5.10 Å². The van der Waals surface area contributed by atoms with Crippen LogP contribution in [0.25, 0.3) is 22.5 Å². The van der Waals surface area contributed by atoms with Crippen molar-refractivity contribution in [1.82, 2.24) is 19.7 Å². The van der Waals surface area contributed by atoms with Gasteiger partial charge in [-0.3, -0.25) is 14.5 Å². The summed E-state index contributed by atoms with van der Waals surface area (Å²) < 4.78 is 6.57. The molecule has 26 heavy (non-hydrogen) atoms. The van der Waals surface area contributed by atoms with Gasteiger partial charge in [0.15, 0.2) is 11.4 Å². The number of nitrogens with zero attached hydrogens (tertiary/aromatic N) is 3. The first-order valence-corrected chi connectivity index (χ1v) is 7.92. The van der Waals surface area contributed by atoms with E-state index in [-0.39, 0.29) is 11.5 Å². The normalized spacial score (nSPS) is 11.0. The summed E-state index contributed by atoms with van der Waals surface area (Å²) in [6.07, 6.45) is 0. The second-order valence-electron chi connectivity index (χ2n) is 5.86. The van der Waals surface area contributed by atoms with Crippen LogP contribution < -0.4 is 11.1 Å². The van der Waals surface area contributed by atoms with Gasteiger partial charge in [-0.05, 0) is 31.2 Å². The lowest BCUT2D eigenvalue weighted by Crippen LogP contribution is -2.12. The number of H-pyrrole nitrogens is 1. The maximum atomic E-state index is 12.7. The van der Waals surface area contributed by atoms with Crippen LogP contribution in [0.4, 0.5) is 5.69 Å². The van der Waals surface area contributed by atoms with Gasteiger partial charge in [0.2, 0.25) is 0 Å². The van der Waals surface area contributed by atoms with Crippen LogP contribution in [-0.4, -0.2) is 25.7 Å². The van der Waals surface area contributed by atoms with Crippen LogP contribution in [0.2, 0.25) is 0 Å². The highest BCUT2D eigenvalue weighted by Crippen LogP contribution is 2.22. The number of carbonyl (C=O) groups is 1. The number of para-hydroxylation sites is 1. The van der Waals surface area contributed by atoms with E-state index in [0.717, 1.165) is 5.56 Å². The summed E-state index contributed by atoms with van der Waals surface area (Å²) >= 11 is 0. The molecule has 0 spiro atoms. The number of rotatable bonds is 3. The lowest BCUT2D eigenvalue weighted by atomic mass is 10.1. The summed E-state index contributed by atoms with van der Waals surface area (Å²) in [5.41, 5.74) is 2.48. The third-order valence-corrected chi connectivity index (χ3v) is 4.04. The molecule has 0 aliphatic heterocycles. The number of fused-ring (bicyclic) bond motifs is 1. The molecule has 2 aromatic heterocycles. The molecule has 0 radical (unpaired) electrons. The van der Waals surface area contributed by atoms with Crippen molar-refractivity contribution in [3.05, 3.63) is 64.4 Å². The lowest BCUT2D eigenvalue weighted by molar-refractivity contribution is 0.102. The number of carbonyl (C=O) groups excluding carboxylic acids is 1. The fourth-order valence-corrected chi connectivity index (χ4v) is 2.74. The highest BCUT2D eigenvalue weighted by atomic mass is 16.4. The summed E-state index contributed by atoms with van der Waals surface area (Å²) in [7, 11) is 1.60. The first kappa shape index (κ1) is 15.8. The SMILES string of the molecule is Cc1nc(-c2cccc(NC(=O)c3cccc4c3oc(=O)n4C)c2)n[nH]1. The van der Waals surface area contributed by atoms with Gasteiger partial charge in [-0.15, -0.1) is 0 Å². The molecule has 2 heterocycles. The quantitative estimate of drug-likeness (QED) is 0.591. The van der Waals surface area contributed by atoms with E-state index in [9.17, 15) is 9.59 Å². The predicted molar refractivity (Wildman–Crippen MR) is 96.0 cm³/mol. The van der Waals surface area contributed by atoms with Crippen molar-refractivity contribution in [2.45, 2.75) is 6.92 Å². The molecule has 0 atom stereocenters. The van der Waals surface area contributed by atoms with E-state index in [2.05, 4.69) is 20.5 Å². The summed E-state index contributed by atoms with van der Waals surface area (Å²) in [6.45, 7) is 1.82. The Hall–Kier alpha value is -3.68. The van der Waals surface area contributed by atoms with E-state index in [1.807, 2.05) is 13.0 Å². The average Bonchev–Trinajstić information content (AvgIpc) is 3.19. The van der Waals surface area contributed by atoms with E-state index >= 15 is 0 Å². The number of anilines is 1. The molecule has 0 aliphatic carbocycles. The minimum Gasteiger partial charge on any atom is -0.407 e. The van der Waals surface area contributed by atoms with Gasteiger partial charge in [0.25, 0.3) is 5.91 Å². The first-order valence-electron chi connectivity index (χ1n) is 7.92. The van der Waals surface area contributed by atoms with Gasteiger partial charge < -0.3 is 9.73 Å².